The highest BCUT2D eigenvalue weighted by molar-refractivity contribution is 7.99. The third-order valence-corrected chi connectivity index (χ3v) is 5.82. The molecule has 0 aliphatic carbocycles. The number of likely N-dealkylation sites (N-methyl/N-ethyl adjacent to an activating group) is 1. The van der Waals surface area contributed by atoms with E-state index in [1.54, 1.807) is 36.6 Å². The van der Waals surface area contributed by atoms with Crippen LogP contribution >= 0.6 is 46.3 Å². The fourth-order valence-electron chi connectivity index (χ4n) is 1.82. The standard InChI is InChI=1S/C16H16Cl2N2O2S2/c1-20(16(22)10-23-9-12-3-2-6-24-12)8-15(21)19-11-4-5-13(17)14(18)7-11/h2-7H,8-10H2,1H3,(H,19,21). The molecule has 2 aromatic rings. The zero-order chi connectivity index (χ0) is 17.5. The molecule has 0 unspecified atom stereocenters. The zero-order valence-corrected chi connectivity index (χ0v) is 16.1. The Hall–Kier alpha value is -1.21. The van der Waals surface area contributed by atoms with Crippen LogP contribution in [0.1, 0.15) is 4.88 Å². The zero-order valence-electron chi connectivity index (χ0n) is 12.9. The number of thiophene rings is 1. The number of halogens is 2. The molecule has 1 aromatic carbocycles. The Balaban J connectivity index is 1.75. The lowest BCUT2D eigenvalue weighted by Gasteiger charge is -2.16. The van der Waals surface area contributed by atoms with Gasteiger partial charge in [-0.05, 0) is 29.6 Å². The predicted molar refractivity (Wildman–Crippen MR) is 103 cm³/mol. The summed E-state index contributed by atoms with van der Waals surface area (Å²) in [6.07, 6.45) is 0. The van der Waals surface area contributed by atoms with Crippen molar-refractivity contribution in [2.45, 2.75) is 5.75 Å². The van der Waals surface area contributed by atoms with E-state index in [0.29, 0.717) is 21.5 Å². The molecule has 0 spiro atoms. The maximum Gasteiger partial charge on any atom is 0.243 e. The van der Waals surface area contributed by atoms with Crippen LogP contribution in [-0.2, 0) is 15.3 Å². The third kappa shape index (κ3) is 6.02. The van der Waals surface area contributed by atoms with Gasteiger partial charge in [0.1, 0.15) is 0 Å². The topological polar surface area (TPSA) is 49.4 Å². The molecule has 0 fully saturated rings. The number of nitrogens with one attached hydrogen (secondary N) is 1. The molecule has 0 aliphatic rings. The number of thioether (sulfide) groups is 1. The van der Waals surface area contributed by atoms with Gasteiger partial charge in [-0.1, -0.05) is 29.3 Å². The van der Waals surface area contributed by atoms with E-state index in [1.807, 2.05) is 17.5 Å². The number of rotatable bonds is 7. The molecule has 1 N–H and O–H groups in total. The minimum atomic E-state index is -0.285. The summed E-state index contributed by atoms with van der Waals surface area (Å²) in [6, 6.07) is 8.86. The summed E-state index contributed by atoms with van der Waals surface area (Å²) in [5.74, 6) is 0.773. The molecule has 0 aliphatic heterocycles. The second-order valence-corrected chi connectivity index (χ2v) is 7.83. The molecule has 24 heavy (non-hydrogen) atoms. The number of nitrogens with zero attached hydrogens (tertiary/aromatic N) is 1. The van der Waals surface area contributed by atoms with Crippen LogP contribution in [0.4, 0.5) is 5.69 Å². The van der Waals surface area contributed by atoms with Gasteiger partial charge >= 0.3 is 0 Å². The average molecular weight is 403 g/mol. The first-order chi connectivity index (χ1) is 11.5. The maximum atomic E-state index is 12.0. The van der Waals surface area contributed by atoms with Crippen LogP contribution in [0.3, 0.4) is 0 Å². The van der Waals surface area contributed by atoms with Gasteiger partial charge in [-0.25, -0.2) is 0 Å². The van der Waals surface area contributed by atoms with Crippen molar-refractivity contribution in [3.05, 3.63) is 50.6 Å². The molecular weight excluding hydrogens is 387 g/mol. The van der Waals surface area contributed by atoms with Gasteiger partial charge in [0.15, 0.2) is 0 Å². The number of benzene rings is 1. The van der Waals surface area contributed by atoms with E-state index in [2.05, 4.69) is 5.32 Å². The average Bonchev–Trinajstić information content (AvgIpc) is 3.04. The lowest BCUT2D eigenvalue weighted by molar-refractivity contribution is -0.131. The number of carbonyl (C=O) groups is 2. The minimum absolute atomic E-state index is 0.0152. The van der Waals surface area contributed by atoms with E-state index in [0.717, 1.165) is 5.75 Å². The van der Waals surface area contributed by atoms with E-state index in [-0.39, 0.29) is 18.4 Å². The van der Waals surface area contributed by atoms with Crippen LogP contribution in [0.5, 0.6) is 0 Å². The molecular formula is C16H16Cl2N2O2S2. The minimum Gasteiger partial charge on any atom is -0.336 e. The van der Waals surface area contributed by atoms with Gasteiger partial charge in [-0.2, -0.15) is 0 Å². The first-order valence-corrected chi connectivity index (χ1v) is 9.83. The van der Waals surface area contributed by atoms with Crippen LogP contribution < -0.4 is 5.32 Å². The fourth-order valence-corrected chi connectivity index (χ4v) is 3.93. The van der Waals surface area contributed by atoms with Crippen molar-refractivity contribution >= 4 is 63.8 Å². The molecule has 8 heteroatoms. The quantitative estimate of drug-likeness (QED) is 0.746. The molecule has 0 atom stereocenters. The van der Waals surface area contributed by atoms with Crippen molar-refractivity contribution in [1.29, 1.82) is 0 Å². The first-order valence-electron chi connectivity index (χ1n) is 7.04. The van der Waals surface area contributed by atoms with Crippen molar-refractivity contribution in [3.63, 3.8) is 0 Å². The number of anilines is 1. The van der Waals surface area contributed by atoms with Crippen LogP contribution in [0.25, 0.3) is 0 Å². The Bertz CT molecular complexity index is 708. The molecule has 2 rings (SSSR count). The highest BCUT2D eigenvalue weighted by Crippen LogP contribution is 2.25. The largest absolute Gasteiger partial charge is 0.336 e. The molecule has 0 radical (unpaired) electrons. The van der Waals surface area contributed by atoms with E-state index in [9.17, 15) is 9.59 Å². The van der Waals surface area contributed by atoms with Gasteiger partial charge in [0.25, 0.3) is 0 Å². The molecule has 1 heterocycles. The van der Waals surface area contributed by atoms with E-state index < -0.39 is 0 Å². The second kappa shape index (κ2) is 9.32. The lowest BCUT2D eigenvalue weighted by Crippen LogP contribution is -2.35. The molecule has 128 valence electrons. The van der Waals surface area contributed by atoms with E-state index in [4.69, 9.17) is 23.2 Å². The van der Waals surface area contributed by atoms with Crippen molar-refractivity contribution in [2.24, 2.45) is 0 Å². The summed E-state index contributed by atoms with van der Waals surface area (Å²) in [5.41, 5.74) is 0.544. The van der Waals surface area contributed by atoms with Crippen LogP contribution in [-0.4, -0.2) is 36.1 Å². The van der Waals surface area contributed by atoms with Crippen molar-refractivity contribution in [3.8, 4) is 0 Å². The Morgan fingerprint density at radius 1 is 1.25 bits per heavy atom. The Labute approximate surface area is 159 Å². The highest BCUT2D eigenvalue weighted by atomic mass is 35.5. The maximum absolute atomic E-state index is 12.0. The van der Waals surface area contributed by atoms with Crippen LogP contribution in [0, 0.1) is 0 Å². The monoisotopic (exact) mass is 402 g/mol. The number of amides is 2. The Kier molecular flexibility index (Phi) is 7.42. The van der Waals surface area contributed by atoms with Gasteiger partial charge in [-0.3, -0.25) is 9.59 Å². The summed E-state index contributed by atoms with van der Waals surface area (Å²) in [6.45, 7) is -0.0152. The number of hydrogen-bond donors (Lipinski definition) is 1. The van der Waals surface area contributed by atoms with Gasteiger partial charge in [0.05, 0.1) is 22.3 Å². The third-order valence-electron chi connectivity index (χ3n) is 3.06. The molecule has 0 saturated heterocycles. The summed E-state index contributed by atoms with van der Waals surface area (Å²) in [5, 5.41) is 5.49. The van der Waals surface area contributed by atoms with E-state index >= 15 is 0 Å². The number of hydrogen-bond acceptors (Lipinski definition) is 4. The normalized spacial score (nSPS) is 10.5. The van der Waals surface area contributed by atoms with Crippen molar-refractivity contribution in [2.75, 3.05) is 24.7 Å². The Morgan fingerprint density at radius 3 is 2.71 bits per heavy atom. The first kappa shape index (κ1) is 19.1. The van der Waals surface area contributed by atoms with Crippen LogP contribution in [0.15, 0.2) is 35.7 Å². The van der Waals surface area contributed by atoms with Crippen molar-refractivity contribution in [1.82, 2.24) is 4.90 Å². The van der Waals surface area contributed by atoms with Gasteiger partial charge in [0.2, 0.25) is 11.8 Å². The summed E-state index contributed by atoms with van der Waals surface area (Å²) < 4.78 is 0. The van der Waals surface area contributed by atoms with Gasteiger partial charge < -0.3 is 10.2 Å². The summed E-state index contributed by atoms with van der Waals surface area (Å²) >= 11 is 14.9. The lowest BCUT2D eigenvalue weighted by atomic mass is 10.3. The second-order valence-electron chi connectivity index (χ2n) is 5.00. The van der Waals surface area contributed by atoms with Gasteiger partial charge in [-0.15, -0.1) is 23.1 Å². The van der Waals surface area contributed by atoms with Crippen molar-refractivity contribution < 1.29 is 9.59 Å². The molecule has 2 amide bonds. The summed E-state index contributed by atoms with van der Waals surface area (Å²) in [4.78, 5) is 26.7. The highest BCUT2D eigenvalue weighted by Gasteiger charge is 2.13. The fraction of sp³-hybridized carbons (Fsp3) is 0.250. The SMILES string of the molecule is CN(CC(=O)Nc1ccc(Cl)c(Cl)c1)C(=O)CSCc1cccs1. The predicted octanol–water partition coefficient (Wildman–Crippen LogP) is 4.39. The molecule has 0 saturated carbocycles. The molecule has 4 nitrogen and oxygen atoms in total. The summed E-state index contributed by atoms with van der Waals surface area (Å²) in [7, 11) is 1.61. The van der Waals surface area contributed by atoms with Gasteiger partial charge in [0, 0.05) is 23.4 Å². The molecule has 0 bridgehead atoms. The Morgan fingerprint density at radius 2 is 2.04 bits per heavy atom. The van der Waals surface area contributed by atoms with E-state index in [1.165, 1.54) is 21.5 Å². The van der Waals surface area contributed by atoms with Crippen LogP contribution in [0.2, 0.25) is 10.0 Å². The number of carbonyl (C=O) groups excluding carboxylic acids is 2. The smallest absolute Gasteiger partial charge is 0.243 e. The molecule has 1 aromatic heterocycles.